The number of fused-ring (bicyclic) bond motifs is 1. The van der Waals surface area contributed by atoms with Gasteiger partial charge in [0, 0.05) is 47.3 Å². The van der Waals surface area contributed by atoms with Crippen LogP contribution in [-0.4, -0.2) is 37.8 Å². The van der Waals surface area contributed by atoms with Crippen molar-refractivity contribution in [1.82, 2.24) is 10.3 Å². The molecule has 0 saturated carbocycles. The molecule has 0 radical (unpaired) electrons. The van der Waals surface area contributed by atoms with E-state index < -0.39 is 0 Å². The quantitative estimate of drug-likeness (QED) is 0.636. The number of hydrogen-bond donors (Lipinski definition) is 2. The number of H-pyrrole nitrogens is 1. The summed E-state index contributed by atoms with van der Waals surface area (Å²) in [7, 11) is 1.65. The molecule has 2 N–H and O–H groups in total. The number of carbonyl (C=O) groups is 1. The molecule has 1 aliphatic rings. The van der Waals surface area contributed by atoms with Gasteiger partial charge in [-0.25, -0.2) is 0 Å². The minimum atomic E-state index is -0.129. The van der Waals surface area contributed by atoms with Crippen molar-refractivity contribution in [3.63, 3.8) is 0 Å². The SMILES string of the molecule is COc1cccc2[nH]cc(CC(=O)NCC3(c4ccc(Cl)cc4)CCOCC3)c12. The number of aromatic nitrogens is 1. The van der Waals surface area contributed by atoms with Gasteiger partial charge in [0.1, 0.15) is 5.75 Å². The summed E-state index contributed by atoms with van der Waals surface area (Å²) in [5.41, 5.74) is 2.96. The van der Waals surface area contributed by atoms with Crippen LogP contribution < -0.4 is 10.1 Å². The minimum absolute atomic E-state index is 0.00311. The Morgan fingerprint density at radius 2 is 1.97 bits per heavy atom. The molecule has 152 valence electrons. The van der Waals surface area contributed by atoms with E-state index in [0.717, 1.165) is 35.1 Å². The van der Waals surface area contributed by atoms with Gasteiger partial charge in [-0.3, -0.25) is 4.79 Å². The number of ether oxygens (including phenoxy) is 2. The summed E-state index contributed by atoms with van der Waals surface area (Å²) in [6, 6.07) is 13.8. The molecular weight excluding hydrogens is 388 g/mol. The summed E-state index contributed by atoms with van der Waals surface area (Å²) in [5.74, 6) is 0.769. The van der Waals surface area contributed by atoms with Crippen molar-refractivity contribution < 1.29 is 14.3 Å². The van der Waals surface area contributed by atoms with Crippen molar-refractivity contribution >= 4 is 28.4 Å². The predicted molar refractivity (Wildman–Crippen MR) is 115 cm³/mol. The second-order valence-corrected chi connectivity index (χ2v) is 7.99. The molecule has 1 aromatic heterocycles. The molecule has 3 aromatic rings. The van der Waals surface area contributed by atoms with Crippen LogP contribution in [0.4, 0.5) is 0 Å². The van der Waals surface area contributed by atoms with Crippen molar-refractivity contribution in [1.29, 1.82) is 0 Å². The number of methoxy groups -OCH3 is 1. The third kappa shape index (κ3) is 4.11. The number of aromatic amines is 1. The topological polar surface area (TPSA) is 63.4 Å². The van der Waals surface area contributed by atoms with Gasteiger partial charge in [0.15, 0.2) is 0 Å². The Hall–Kier alpha value is -2.50. The number of halogens is 1. The molecule has 1 amide bonds. The molecule has 2 heterocycles. The first-order valence-corrected chi connectivity index (χ1v) is 10.2. The monoisotopic (exact) mass is 412 g/mol. The predicted octanol–water partition coefficient (Wildman–Crippen LogP) is 4.24. The van der Waals surface area contributed by atoms with Gasteiger partial charge in [0.25, 0.3) is 0 Å². The largest absolute Gasteiger partial charge is 0.496 e. The zero-order valence-electron chi connectivity index (χ0n) is 16.5. The highest BCUT2D eigenvalue weighted by Gasteiger charge is 2.34. The van der Waals surface area contributed by atoms with Crippen LogP contribution in [0, 0.1) is 0 Å². The standard InChI is InChI=1S/C23H25ClN2O3/c1-28-20-4-2-3-19-22(20)16(14-25-19)13-21(27)26-15-23(9-11-29-12-10-23)17-5-7-18(24)8-6-17/h2-8,14,25H,9-13,15H2,1H3,(H,26,27). The van der Waals surface area contributed by atoms with Gasteiger partial charge in [0.2, 0.25) is 5.91 Å². The first-order chi connectivity index (χ1) is 14.1. The van der Waals surface area contributed by atoms with Gasteiger partial charge < -0.3 is 19.8 Å². The van der Waals surface area contributed by atoms with Crippen molar-refractivity contribution in [3.05, 3.63) is 64.8 Å². The molecule has 1 aliphatic heterocycles. The molecule has 1 saturated heterocycles. The lowest BCUT2D eigenvalue weighted by Gasteiger charge is -2.38. The first kappa shape index (κ1) is 19.8. The number of rotatable bonds is 6. The van der Waals surface area contributed by atoms with E-state index >= 15 is 0 Å². The van der Waals surface area contributed by atoms with E-state index in [9.17, 15) is 4.79 Å². The molecular formula is C23H25ClN2O3. The highest BCUT2D eigenvalue weighted by molar-refractivity contribution is 6.30. The van der Waals surface area contributed by atoms with E-state index in [-0.39, 0.29) is 11.3 Å². The number of amides is 1. The lowest BCUT2D eigenvalue weighted by molar-refractivity contribution is -0.120. The smallest absolute Gasteiger partial charge is 0.224 e. The number of benzene rings is 2. The van der Waals surface area contributed by atoms with Crippen LogP contribution in [0.1, 0.15) is 24.0 Å². The summed E-state index contributed by atoms with van der Waals surface area (Å²) < 4.78 is 11.0. The average Bonchev–Trinajstić information content (AvgIpc) is 3.16. The van der Waals surface area contributed by atoms with Crippen LogP contribution in [0.25, 0.3) is 10.9 Å². The van der Waals surface area contributed by atoms with E-state index in [2.05, 4.69) is 22.4 Å². The molecule has 0 bridgehead atoms. The number of carbonyl (C=O) groups excluding carboxylic acids is 1. The summed E-state index contributed by atoms with van der Waals surface area (Å²) in [6.45, 7) is 1.96. The minimum Gasteiger partial charge on any atom is -0.496 e. The maximum absolute atomic E-state index is 12.8. The molecule has 29 heavy (non-hydrogen) atoms. The molecule has 5 nitrogen and oxygen atoms in total. The van der Waals surface area contributed by atoms with Gasteiger partial charge >= 0.3 is 0 Å². The molecule has 0 aliphatic carbocycles. The van der Waals surface area contributed by atoms with Crippen LogP contribution in [0.5, 0.6) is 5.75 Å². The number of hydrogen-bond acceptors (Lipinski definition) is 3. The Bertz CT molecular complexity index is 991. The fraction of sp³-hybridized carbons (Fsp3) is 0.348. The van der Waals surface area contributed by atoms with Gasteiger partial charge in [-0.05, 0) is 48.2 Å². The Labute approximate surface area is 175 Å². The Balaban J connectivity index is 1.50. The molecule has 0 spiro atoms. The second-order valence-electron chi connectivity index (χ2n) is 7.55. The van der Waals surface area contributed by atoms with Crippen molar-refractivity contribution in [2.45, 2.75) is 24.7 Å². The van der Waals surface area contributed by atoms with E-state index in [1.54, 1.807) is 7.11 Å². The zero-order valence-corrected chi connectivity index (χ0v) is 17.2. The summed E-state index contributed by atoms with van der Waals surface area (Å²) in [6.07, 6.45) is 3.93. The Morgan fingerprint density at radius 3 is 2.69 bits per heavy atom. The maximum Gasteiger partial charge on any atom is 0.224 e. The molecule has 6 heteroatoms. The van der Waals surface area contributed by atoms with Crippen molar-refractivity contribution in [3.8, 4) is 5.75 Å². The van der Waals surface area contributed by atoms with Crippen LogP contribution in [0.3, 0.4) is 0 Å². The van der Waals surface area contributed by atoms with E-state index in [1.165, 1.54) is 5.56 Å². The van der Waals surface area contributed by atoms with E-state index in [0.29, 0.717) is 31.2 Å². The molecule has 1 fully saturated rings. The van der Waals surface area contributed by atoms with Gasteiger partial charge in [-0.1, -0.05) is 29.8 Å². The fourth-order valence-corrected chi connectivity index (χ4v) is 4.29. The Morgan fingerprint density at radius 1 is 1.21 bits per heavy atom. The summed E-state index contributed by atoms with van der Waals surface area (Å²) in [5, 5.41) is 4.84. The third-order valence-electron chi connectivity index (χ3n) is 5.85. The first-order valence-electron chi connectivity index (χ1n) is 9.85. The van der Waals surface area contributed by atoms with Crippen molar-refractivity contribution in [2.24, 2.45) is 0 Å². The summed E-state index contributed by atoms with van der Waals surface area (Å²) in [4.78, 5) is 16.0. The van der Waals surface area contributed by atoms with Crippen molar-refractivity contribution in [2.75, 3.05) is 26.9 Å². The second kappa shape index (κ2) is 8.47. The lowest BCUT2D eigenvalue weighted by atomic mass is 9.74. The van der Waals surface area contributed by atoms with E-state index in [4.69, 9.17) is 21.1 Å². The molecule has 0 atom stereocenters. The molecule has 2 aromatic carbocycles. The number of nitrogens with one attached hydrogen (secondary N) is 2. The highest BCUT2D eigenvalue weighted by atomic mass is 35.5. The van der Waals surface area contributed by atoms with Gasteiger partial charge in [-0.15, -0.1) is 0 Å². The van der Waals surface area contributed by atoms with Crippen LogP contribution in [0.15, 0.2) is 48.7 Å². The third-order valence-corrected chi connectivity index (χ3v) is 6.10. The highest BCUT2D eigenvalue weighted by Crippen LogP contribution is 2.35. The average molecular weight is 413 g/mol. The van der Waals surface area contributed by atoms with E-state index in [1.807, 2.05) is 36.5 Å². The maximum atomic E-state index is 12.8. The lowest BCUT2D eigenvalue weighted by Crippen LogP contribution is -2.45. The van der Waals surface area contributed by atoms with Gasteiger partial charge in [-0.2, -0.15) is 0 Å². The van der Waals surface area contributed by atoms with Crippen LogP contribution in [-0.2, 0) is 21.4 Å². The molecule has 0 unspecified atom stereocenters. The van der Waals surface area contributed by atoms with Gasteiger partial charge in [0.05, 0.1) is 13.5 Å². The Kier molecular flexibility index (Phi) is 5.79. The fourth-order valence-electron chi connectivity index (χ4n) is 4.17. The van der Waals surface area contributed by atoms with Crippen LogP contribution >= 0.6 is 11.6 Å². The van der Waals surface area contributed by atoms with Crippen LogP contribution in [0.2, 0.25) is 5.02 Å². The normalized spacial score (nSPS) is 15.9. The zero-order chi connectivity index (χ0) is 20.3. The summed E-state index contributed by atoms with van der Waals surface area (Å²) >= 11 is 6.07. The molecule has 4 rings (SSSR count).